The number of halogens is 8. The van der Waals surface area contributed by atoms with Crippen LogP contribution < -0.4 is 5.32 Å². The molecule has 1 fully saturated rings. The van der Waals surface area contributed by atoms with Gasteiger partial charge >= 0.3 is 18.0 Å². The fraction of sp³-hybridized carbons (Fsp3) is 0.429. The van der Waals surface area contributed by atoms with Crippen molar-refractivity contribution < 1.29 is 48.3 Å². The molecule has 232 valence electrons. The van der Waals surface area contributed by atoms with E-state index >= 15 is 0 Å². The highest BCUT2D eigenvalue weighted by Gasteiger charge is 2.73. The first-order valence-corrected chi connectivity index (χ1v) is 14.7. The maximum Gasteiger partial charge on any atom is 0.435 e. The molecule has 0 spiro atoms. The van der Waals surface area contributed by atoms with E-state index < -0.39 is 67.8 Å². The summed E-state index contributed by atoms with van der Waals surface area (Å²) >= 11 is 0. The summed E-state index contributed by atoms with van der Waals surface area (Å²) in [5.41, 5.74) is -7.43. The highest BCUT2D eigenvalue weighted by atomic mass is 32.2. The molecule has 2 aliphatic rings. The van der Waals surface area contributed by atoms with Gasteiger partial charge in [-0.3, -0.25) is 4.79 Å². The van der Waals surface area contributed by atoms with Gasteiger partial charge in [0.15, 0.2) is 9.84 Å². The number of aromatic nitrogens is 2. The molecule has 2 aliphatic carbocycles. The van der Waals surface area contributed by atoms with Crippen molar-refractivity contribution >= 4 is 15.7 Å². The maximum atomic E-state index is 15.0. The van der Waals surface area contributed by atoms with Crippen LogP contribution in [0.2, 0.25) is 0 Å². The number of imidazole rings is 1. The number of amides is 1. The number of alkyl halides is 7. The van der Waals surface area contributed by atoms with E-state index in [0.29, 0.717) is 12.1 Å². The van der Waals surface area contributed by atoms with Crippen LogP contribution in [-0.4, -0.2) is 42.7 Å². The predicted octanol–water partition coefficient (Wildman–Crippen LogP) is 6.30. The lowest BCUT2D eigenvalue weighted by Gasteiger charge is -2.44. The Morgan fingerprint density at radius 3 is 2.26 bits per heavy atom. The normalized spacial score (nSPS) is 23.4. The molecule has 1 amide bonds. The first-order valence-electron chi connectivity index (χ1n) is 13.2. The molecule has 2 aromatic carbocycles. The van der Waals surface area contributed by atoms with Gasteiger partial charge in [0.25, 0.3) is 5.91 Å². The van der Waals surface area contributed by atoms with E-state index in [-0.39, 0.29) is 47.4 Å². The third-order valence-electron chi connectivity index (χ3n) is 8.78. The first kappa shape index (κ1) is 31.0. The zero-order valence-electron chi connectivity index (χ0n) is 22.4. The van der Waals surface area contributed by atoms with Crippen molar-refractivity contribution in [2.45, 2.75) is 66.3 Å². The summed E-state index contributed by atoms with van der Waals surface area (Å²) in [5, 5.41) is 2.81. The van der Waals surface area contributed by atoms with Crippen LogP contribution in [0.3, 0.4) is 0 Å². The second-order valence-corrected chi connectivity index (χ2v) is 13.2. The smallest absolute Gasteiger partial charge is 0.348 e. The number of sulfone groups is 1. The summed E-state index contributed by atoms with van der Waals surface area (Å²) in [5.74, 6) is -2.47. The highest BCUT2D eigenvalue weighted by Crippen LogP contribution is 2.61. The number of carbonyl (C=O) groups excluding carboxylic acids is 1. The first-order chi connectivity index (χ1) is 19.9. The van der Waals surface area contributed by atoms with Crippen molar-refractivity contribution in [3.63, 3.8) is 0 Å². The van der Waals surface area contributed by atoms with Gasteiger partial charge in [0.05, 0.1) is 17.4 Å². The van der Waals surface area contributed by atoms with Crippen LogP contribution in [0.15, 0.2) is 59.9 Å². The summed E-state index contributed by atoms with van der Waals surface area (Å²) < 4.78 is 137. The zero-order chi connectivity index (χ0) is 31.6. The van der Waals surface area contributed by atoms with Crippen LogP contribution >= 0.6 is 0 Å². The van der Waals surface area contributed by atoms with Crippen molar-refractivity contribution in [3.8, 4) is 0 Å². The zero-order valence-corrected chi connectivity index (χ0v) is 23.2. The van der Waals surface area contributed by atoms with Gasteiger partial charge in [-0.15, -0.1) is 0 Å². The third kappa shape index (κ3) is 4.70. The minimum Gasteiger partial charge on any atom is -0.348 e. The Balaban J connectivity index is 1.64. The van der Waals surface area contributed by atoms with Gasteiger partial charge in [-0.05, 0) is 79.8 Å². The summed E-state index contributed by atoms with van der Waals surface area (Å²) in [6.07, 6.45) is -10.1. The second-order valence-electron chi connectivity index (χ2n) is 10.9. The number of hydrogen-bond donors (Lipinski definition) is 2. The van der Waals surface area contributed by atoms with E-state index in [9.17, 15) is 48.3 Å². The third-order valence-corrected chi connectivity index (χ3v) is 11.4. The standard InChI is InChI=1S/C28H25F8N3O3S/c1-15(39-24(40)23-13-37-14-38-23)20-10-11-25(43(41,42)19-6-4-18(29)5-7-19)21-9-3-17(12-16(21)2-8-22(20)25)26(30,27(31,32)33)28(34,35)36/h3-7,9,12-15,20,22H,2,8,10-11H2,1H3,(H,37,38)(H,39,40)/t15?,20-,22-,25+/m0/s1. The Morgan fingerprint density at radius 2 is 1.67 bits per heavy atom. The lowest BCUT2D eigenvalue weighted by Crippen LogP contribution is -2.51. The van der Waals surface area contributed by atoms with Gasteiger partial charge in [-0.25, -0.2) is 22.2 Å². The second kappa shape index (κ2) is 10.3. The molecular weight excluding hydrogens is 610 g/mol. The minimum absolute atomic E-state index is 0.00311. The lowest BCUT2D eigenvalue weighted by atomic mass is 9.71. The molecule has 1 aromatic heterocycles. The van der Waals surface area contributed by atoms with E-state index in [4.69, 9.17) is 0 Å². The SMILES string of the molecule is CC(NC(=O)c1cnc[nH]1)[C@@H]1CC[C@@]2(S(=O)(=O)c3ccc(F)cc3)c3ccc(C(F)(C(F)(F)F)C(F)(F)F)cc3CC[C@@H]12. The molecule has 1 unspecified atom stereocenters. The molecule has 4 atom stereocenters. The van der Waals surface area contributed by atoms with Gasteiger partial charge in [0.2, 0.25) is 0 Å². The van der Waals surface area contributed by atoms with Gasteiger partial charge in [-0.1, -0.05) is 18.2 Å². The van der Waals surface area contributed by atoms with Crippen LogP contribution in [0.1, 0.15) is 53.4 Å². The fourth-order valence-corrected chi connectivity index (χ4v) is 9.28. The van der Waals surface area contributed by atoms with E-state index in [2.05, 4.69) is 15.3 Å². The Labute approximate surface area is 240 Å². The number of nitrogens with zero attached hydrogens (tertiary/aromatic N) is 1. The van der Waals surface area contributed by atoms with Crippen LogP contribution in [0.5, 0.6) is 0 Å². The van der Waals surface area contributed by atoms with Crippen molar-refractivity contribution in [2.75, 3.05) is 0 Å². The van der Waals surface area contributed by atoms with E-state index in [1.165, 1.54) is 12.5 Å². The Hall–Kier alpha value is -3.49. The molecule has 5 rings (SSSR count). The Bertz CT molecular complexity index is 1610. The minimum atomic E-state index is -6.34. The van der Waals surface area contributed by atoms with Crippen molar-refractivity contribution in [1.29, 1.82) is 0 Å². The molecule has 1 saturated carbocycles. The number of carbonyl (C=O) groups is 1. The van der Waals surface area contributed by atoms with Crippen LogP contribution in [0, 0.1) is 17.7 Å². The Morgan fingerprint density at radius 1 is 1.02 bits per heavy atom. The maximum absolute atomic E-state index is 15.0. The lowest BCUT2D eigenvalue weighted by molar-refractivity contribution is -0.348. The molecule has 0 radical (unpaired) electrons. The van der Waals surface area contributed by atoms with Crippen LogP contribution in [0.25, 0.3) is 0 Å². The number of H-pyrrole nitrogens is 1. The van der Waals surface area contributed by atoms with Gasteiger partial charge in [-0.2, -0.15) is 26.3 Å². The molecule has 2 N–H and O–H groups in total. The molecule has 0 saturated heterocycles. The van der Waals surface area contributed by atoms with E-state index in [1.54, 1.807) is 6.92 Å². The van der Waals surface area contributed by atoms with E-state index in [0.717, 1.165) is 30.3 Å². The average Bonchev–Trinajstić information content (AvgIpc) is 3.61. The number of rotatable bonds is 6. The quantitative estimate of drug-likeness (QED) is 0.246. The number of fused-ring (bicyclic) bond motifs is 3. The van der Waals surface area contributed by atoms with Crippen molar-refractivity contribution in [1.82, 2.24) is 15.3 Å². The Kier molecular flexibility index (Phi) is 7.42. The van der Waals surface area contributed by atoms with Crippen molar-refractivity contribution in [2.24, 2.45) is 11.8 Å². The summed E-state index contributed by atoms with van der Waals surface area (Å²) in [6.45, 7) is 1.67. The molecule has 6 nitrogen and oxygen atoms in total. The molecule has 1 heterocycles. The number of benzene rings is 2. The molecule has 3 aromatic rings. The summed E-state index contributed by atoms with van der Waals surface area (Å²) in [6, 6.07) is 4.93. The summed E-state index contributed by atoms with van der Waals surface area (Å²) in [4.78, 5) is 18.8. The molecule has 0 aliphatic heterocycles. The van der Waals surface area contributed by atoms with Crippen molar-refractivity contribution in [3.05, 3.63) is 83.2 Å². The largest absolute Gasteiger partial charge is 0.435 e. The van der Waals surface area contributed by atoms with E-state index in [1.807, 2.05) is 0 Å². The average molecular weight is 636 g/mol. The molecule has 0 bridgehead atoms. The summed E-state index contributed by atoms with van der Waals surface area (Å²) in [7, 11) is -4.47. The van der Waals surface area contributed by atoms with Crippen LogP contribution in [0.4, 0.5) is 35.1 Å². The number of hydrogen-bond acceptors (Lipinski definition) is 4. The molecular formula is C28H25F8N3O3S. The van der Waals surface area contributed by atoms with Gasteiger partial charge in [0.1, 0.15) is 16.3 Å². The number of aryl methyl sites for hydroxylation is 1. The predicted molar refractivity (Wildman–Crippen MR) is 137 cm³/mol. The number of nitrogens with one attached hydrogen (secondary N) is 2. The van der Waals surface area contributed by atoms with Gasteiger partial charge < -0.3 is 10.3 Å². The number of aromatic amines is 1. The molecule has 43 heavy (non-hydrogen) atoms. The fourth-order valence-electron chi connectivity index (χ4n) is 6.79. The van der Waals surface area contributed by atoms with Gasteiger partial charge in [0, 0.05) is 11.6 Å². The molecule has 15 heteroatoms. The topological polar surface area (TPSA) is 91.9 Å². The highest BCUT2D eigenvalue weighted by molar-refractivity contribution is 7.92. The monoisotopic (exact) mass is 635 g/mol. The van der Waals surface area contributed by atoms with Crippen LogP contribution in [-0.2, 0) is 26.7 Å².